The Labute approximate surface area is 161 Å². The van der Waals surface area contributed by atoms with Crippen LogP contribution in [0, 0.1) is 0 Å². The molecule has 9 heteroatoms. The Bertz CT molecular complexity index is 340. The molecule has 0 fully saturated rings. The normalized spacial score (nSPS) is 13.8. The minimum atomic E-state index is -1.25. The van der Waals surface area contributed by atoms with Crippen LogP contribution in [0.1, 0.15) is 20.8 Å². The van der Waals surface area contributed by atoms with Gasteiger partial charge in [-0.15, -0.1) is 0 Å². The molecule has 0 radical (unpaired) electrons. The molecule has 0 aliphatic rings. The molecule has 156 valence electrons. The highest BCUT2D eigenvalue weighted by Crippen LogP contribution is 2.03. The van der Waals surface area contributed by atoms with E-state index < -0.39 is 12.3 Å². The summed E-state index contributed by atoms with van der Waals surface area (Å²) in [6.07, 6.45) is -0.202. The summed E-state index contributed by atoms with van der Waals surface area (Å²) in [6, 6.07) is 0.468. The highest BCUT2D eigenvalue weighted by atomic mass is 32.2. The molecule has 7 nitrogen and oxygen atoms in total. The Morgan fingerprint density at radius 1 is 0.962 bits per heavy atom. The van der Waals surface area contributed by atoms with Crippen LogP contribution in [-0.2, 0) is 18.9 Å². The van der Waals surface area contributed by atoms with Gasteiger partial charge in [0, 0.05) is 12.6 Å². The first-order valence-corrected chi connectivity index (χ1v) is 10.2. The third-order valence-electron chi connectivity index (χ3n) is 3.29. The number of rotatable bonds is 17. The van der Waals surface area contributed by atoms with E-state index in [9.17, 15) is 9.18 Å². The summed E-state index contributed by atoms with van der Waals surface area (Å²) >= 11 is 1.02. The number of hydrogen-bond donors (Lipinski definition) is 2. The molecule has 26 heavy (non-hydrogen) atoms. The molecule has 0 saturated carbocycles. The molecule has 0 aliphatic heterocycles. The van der Waals surface area contributed by atoms with Gasteiger partial charge in [0.05, 0.1) is 58.9 Å². The van der Waals surface area contributed by atoms with Crippen molar-refractivity contribution in [1.82, 2.24) is 10.6 Å². The molecule has 0 bridgehead atoms. The van der Waals surface area contributed by atoms with Gasteiger partial charge < -0.3 is 29.6 Å². The molecule has 2 unspecified atom stereocenters. The SMILES string of the molecule is CSC(=O)NCC(F)C(C)OCCOCCOCCOCCNC(C)C. The number of halogens is 1. The monoisotopic (exact) mass is 398 g/mol. The number of ether oxygens (including phenoxy) is 4. The number of alkyl halides is 1. The Morgan fingerprint density at radius 3 is 2.04 bits per heavy atom. The first-order valence-electron chi connectivity index (χ1n) is 9.01. The van der Waals surface area contributed by atoms with Crippen LogP contribution in [0.2, 0.25) is 0 Å². The highest BCUT2D eigenvalue weighted by molar-refractivity contribution is 8.12. The van der Waals surface area contributed by atoms with Crippen molar-refractivity contribution in [2.45, 2.75) is 39.1 Å². The largest absolute Gasteiger partial charge is 0.378 e. The van der Waals surface area contributed by atoms with Crippen LogP contribution in [0.4, 0.5) is 9.18 Å². The van der Waals surface area contributed by atoms with Gasteiger partial charge in [0.2, 0.25) is 0 Å². The topological polar surface area (TPSA) is 78.1 Å². The van der Waals surface area contributed by atoms with E-state index in [-0.39, 0.29) is 11.8 Å². The van der Waals surface area contributed by atoms with E-state index in [1.807, 2.05) is 0 Å². The molecule has 0 saturated heterocycles. The molecule has 0 aliphatic carbocycles. The van der Waals surface area contributed by atoms with Crippen molar-refractivity contribution in [1.29, 1.82) is 0 Å². The predicted molar refractivity (Wildman–Crippen MR) is 103 cm³/mol. The highest BCUT2D eigenvalue weighted by Gasteiger charge is 2.17. The number of amides is 1. The standard InChI is InChI=1S/C17H35FN2O5S/c1-14(2)19-5-6-22-7-8-23-9-10-24-11-12-25-15(3)16(18)13-20-17(21)26-4/h14-16,19H,5-13H2,1-4H3,(H,20,21). The van der Waals surface area contributed by atoms with Gasteiger partial charge in [0.25, 0.3) is 5.24 Å². The maximum atomic E-state index is 13.7. The molecular formula is C17H35FN2O5S. The van der Waals surface area contributed by atoms with Gasteiger partial charge in [-0.05, 0) is 13.2 Å². The van der Waals surface area contributed by atoms with Gasteiger partial charge in [-0.25, -0.2) is 4.39 Å². The zero-order valence-corrected chi connectivity index (χ0v) is 17.2. The molecule has 0 aromatic heterocycles. The molecule has 1 amide bonds. The average Bonchev–Trinajstić information content (AvgIpc) is 2.62. The van der Waals surface area contributed by atoms with Crippen LogP contribution in [0.15, 0.2) is 0 Å². The Kier molecular flexibility index (Phi) is 17.6. The van der Waals surface area contributed by atoms with E-state index in [4.69, 9.17) is 18.9 Å². The van der Waals surface area contributed by atoms with E-state index in [0.29, 0.717) is 52.3 Å². The van der Waals surface area contributed by atoms with E-state index in [2.05, 4.69) is 24.5 Å². The van der Waals surface area contributed by atoms with Gasteiger partial charge in [-0.2, -0.15) is 0 Å². The average molecular weight is 399 g/mol. The van der Waals surface area contributed by atoms with Gasteiger partial charge >= 0.3 is 0 Å². The minimum absolute atomic E-state index is 0.0505. The zero-order chi connectivity index (χ0) is 19.6. The Morgan fingerprint density at radius 2 is 1.50 bits per heavy atom. The van der Waals surface area contributed by atoms with Crippen LogP contribution in [0.5, 0.6) is 0 Å². The number of carbonyl (C=O) groups is 1. The second-order valence-electron chi connectivity index (χ2n) is 5.91. The summed E-state index contributed by atoms with van der Waals surface area (Å²) in [7, 11) is 0. The van der Waals surface area contributed by atoms with E-state index in [0.717, 1.165) is 18.3 Å². The minimum Gasteiger partial charge on any atom is -0.378 e. The summed E-state index contributed by atoms with van der Waals surface area (Å²) < 4.78 is 35.2. The molecule has 0 rings (SSSR count). The molecule has 0 aromatic carbocycles. The van der Waals surface area contributed by atoms with Crippen molar-refractivity contribution in [2.24, 2.45) is 0 Å². The summed E-state index contributed by atoms with van der Waals surface area (Å²) in [5.41, 5.74) is 0. The van der Waals surface area contributed by atoms with Gasteiger partial charge in [-0.1, -0.05) is 25.6 Å². The summed E-state index contributed by atoms with van der Waals surface area (Å²) in [4.78, 5) is 11.0. The lowest BCUT2D eigenvalue weighted by atomic mass is 10.2. The van der Waals surface area contributed by atoms with Crippen LogP contribution >= 0.6 is 11.8 Å². The lowest BCUT2D eigenvalue weighted by molar-refractivity contribution is -0.0332. The molecule has 0 spiro atoms. The third-order valence-corrected chi connectivity index (χ3v) is 3.80. The van der Waals surface area contributed by atoms with Gasteiger partial charge in [0.1, 0.15) is 6.17 Å². The Hall–Kier alpha value is -0.450. The lowest BCUT2D eigenvalue weighted by Crippen LogP contribution is -2.35. The first-order chi connectivity index (χ1) is 12.5. The lowest BCUT2D eigenvalue weighted by Gasteiger charge is -2.17. The first kappa shape index (κ1) is 25.6. The fraction of sp³-hybridized carbons (Fsp3) is 0.941. The number of carbonyl (C=O) groups excluding carboxylic acids is 1. The maximum Gasteiger partial charge on any atom is 0.278 e. The molecule has 0 heterocycles. The second-order valence-corrected chi connectivity index (χ2v) is 6.69. The zero-order valence-electron chi connectivity index (χ0n) is 16.4. The van der Waals surface area contributed by atoms with Crippen LogP contribution < -0.4 is 10.6 Å². The number of hydrogen-bond acceptors (Lipinski definition) is 7. The predicted octanol–water partition coefficient (Wildman–Crippen LogP) is 1.85. The molecular weight excluding hydrogens is 363 g/mol. The van der Waals surface area contributed by atoms with Gasteiger partial charge in [0.15, 0.2) is 0 Å². The summed E-state index contributed by atoms with van der Waals surface area (Å²) in [6.45, 7) is 9.97. The maximum absolute atomic E-state index is 13.7. The molecule has 2 N–H and O–H groups in total. The Balaban J connectivity index is 3.31. The fourth-order valence-corrected chi connectivity index (χ4v) is 2.01. The summed E-state index contributed by atoms with van der Waals surface area (Å²) in [5, 5.41) is 5.49. The van der Waals surface area contributed by atoms with E-state index in [1.54, 1.807) is 13.2 Å². The van der Waals surface area contributed by atoms with E-state index in [1.165, 1.54) is 0 Å². The quantitative estimate of drug-likeness (QED) is 0.362. The number of thioether (sulfide) groups is 1. The fourth-order valence-electron chi connectivity index (χ4n) is 1.78. The van der Waals surface area contributed by atoms with Crippen molar-refractivity contribution in [3.05, 3.63) is 0 Å². The van der Waals surface area contributed by atoms with Crippen molar-refractivity contribution in [2.75, 3.05) is 65.6 Å². The smallest absolute Gasteiger partial charge is 0.278 e. The van der Waals surface area contributed by atoms with Crippen molar-refractivity contribution >= 4 is 17.0 Å². The second kappa shape index (κ2) is 17.9. The third kappa shape index (κ3) is 17.0. The van der Waals surface area contributed by atoms with Crippen molar-refractivity contribution in [3.8, 4) is 0 Å². The van der Waals surface area contributed by atoms with Crippen LogP contribution in [0.25, 0.3) is 0 Å². The molecule has 0 aromatic rings. The van der Waals surface area contributed by atoms with Crippen molar-refractivity contribution in [3.63, 3.8) is 0 Å². The van der Waals surface area contributed by atoms with Crippen LogP contribution in [0.3, 0.4) is 0 Å². The summed E-state index contributed by atoms with van der Waals surface area (Å²) in [5.74, 6) is 0. The van der Waals surface area contributed by atoms with Gasteiger partial charge in [-0.3, -0.25) is 4.79 Å². The van der Waals surface area contributed by atoms with E-state index >= 15 is 0 Å². The van der Waals surface area contributed by atoms with Crippen molar-refractivity contribution < 1.29 is 28.1 Å². The number of nitrogens with one attached hydrogen (secondary N) is 2. The molecule has 2 atom stereocenters. The van der Waals surface area contributed by atoms with Crippen LogP contribution in [-0.4, -0.2) is 89.2 Å².